The van der Waals surface area contributed by atoms with E-state index in [2.05, 4.69) is 10.4 Å². The second-order valence-electron chi connectivity index (χ2n) is 3.60. The Morgan fingerprint density at radius 1 is 1.64 bits per heavy atom. The zero-order valence-electron chi connectivity index (χ0n) is 8.69. The quantitative estimate of drug-likeness (QED) is 0.732. The lowest BCUT2D eigenvalue weighted by Gasteiger charge is -2.14. The van der Waals surface area contributed by atoms with Crippen molar-refractivity contribution < 1.29 is 4.79 Å². The summed E-state index contributed by atoms with van der Waals surface area (Å²) in [6.45, 7) is 3.82. The first-order valence-corrected chi connectivity index (χ1v) is 4.57. The number of rotatable bonds is 3. The van der Waals surface area contributed by atoms with E-state index in [1.165, 1.54) is 0 Å². The average molecular weight is 196 g/mol. The molecular weight excluding hydrogens is 180 g/mol. The first-order valence-electron chi connectivity index (χ1n) is 4.57. The predicted octanol–water partition coefficient (Wildman–Crippen LogP) is 0.342. The summed E-state index contributed by atoms with van der Waals surface area (Å²) in [7, 11) is 1.76. The summed E-state index contributed by atoms with van der Waals surface area (Å²) >= 11 is 0. The van der Waals surface area contributed by atoms with Gasteiger partial charge >= 0.3 is 0 Å². The monoisotopic (exact) mass is 196 g/mol. The van der Waals surface area contributed by atoms with Crippen molar-refractivity contribution in [1.82, 2.24) is 9.78 Å². The topological polar surface area (TPSA) is 72.9 Å². The highest BCUT2D eigenvalue weighted by molar-refractivity contribution is 5.94. The van der Waals surface area contributed by atoms with Crippen LogP contribution in [0.1, 0.15) is 13.8 Å². The molecule has 5 nitrogen and oxygen atoms in total. The number of nitrogens with one attached hydrogen (secondary N) is 1. The molecule has 0 bridgehead atoms. The highest BCUT2D eigenvalue weighted by Crippen LogP contribution is 2.06. The molecule has 5 heteroatoms. The summed E-state index contributed by atoms with van der Waals surface area (Å²) < 4.78 is 1.59. The molecule has 0 saturated carbocycles. The van der Waals surface area contributed by atoms with Crippen molar-refractivity contribution in [1.29, 1.82) is 0 Å². The van der Waals surface area contributed by atoms with Crippen LogP contribution in [0.3, 0.4) is 0 Å². The van der Waals surface area contributed by atoms with Crippen LogP contribution in [0.5, 0.6) is 0 Å². The zero-order valence-corrected chi connectivity index (χ0v) is 8.69. The minimum absolute atomic E-state index is 0.128. The predicted molar refractivity (Wildman–Crippen MR) is 54.7 cm³/mol. The molecule has 0 aromatic carbocycles. The minimum atomic E-state index is -0.482. The van der Waals surface area contributed by atoms with Crippen molar-refractivity contribution in [3.8, 4) is 0 Å². The van der Waals surface area contributed by atoms with Crippen molar-refractivity contribution in [2.75, 3.05) is 5.32 Å². The largest absolute Gasteiger partial charge is 0.320 e. The number of carbonyl (C=O) groups is 1. The van der Waals surface area contributed by atoms with Gasteiger partial charge in [0.2, 0.25) is 5.91 Å². The molecule has 1 heterocycles. The Kier molecular flexibility index (Phi) is 3.24. The molecule has 0 fully saturated rings. The molecule has 0 saturated heterocycles. The van der Waals surface area contributed by atoms with Gasteiger partial charge in [0.1, 0.15) is 5.82 Å². The first-order chi connectivity index (χ1) is 6.52. The Bertz CT molecular complexity index is 318. The van der Waals surface area contributed by atoms with E-state index in [1.807, 2.05) is 13.8 Å². The first kappa shape index (κ1) is 10.7. The molecule has 1 atom stereocenters. The number of anilines is 1. The summed E-state index contributed by atoms with van der Waals surface area (Å²) in [5.74, 6) is 0.609. The normalized spacial score (nSPS) is 12.9. The van der Waals surface area contributed by atoms with E-state index in [4.69, 9.17) is 5.73 Å². The molecule has 0 aliphatic heterocycles. The Balaban J connectivity index is 2.62. The molecule has 1 aromatic rings. The Labute approximate surface area is 83.3 Å². The van der Waals surface area contributed by atoms with E-state index in [0.29, 0.717) is 5.82 Å². The SMILES string of the molecule is CC(C)[C@H](N)C(=O)Nc1ccnn1C. The van der Waals surface area contributed by atoms with Crippen LogP contribution in [0.25, 0.3) is 0 Å². The van der Waals surface area contributed by atoms with Gasteiger partial charge in [0, 0.05) is 13.1 Å². The maximum Gasteiger partial charge on any atom is 0.242 e. The number of aryl methyl sites for hydroxylation is 1. The highest BCUT2D eigenvalue weighted by atomic mass is 16.2. The number of aromatic nitrogens is 2. The van der Waals surface area contributed by atoms with Gasteiger partial charge in [0.05, 0.1) is 12.2 Å². The molecule has 1 rings (SSSR count). The van der Waals surface area contributed by atoms with Crippen LogP contribution in [-0.4, -0.2) is 21.7 Å². The lowest BCUT2D eigenvalue weighted by Crippen LogP contribution is -2.40. The van der Waals surface area contributed by atoms with E-state index >= 15 is 0 Å². The van der Waals surface area contributed by atoms with Crippen LogP contribution in [0, 0.1) is 5.92 Å². The third kappa shape index (κ3) is 2.32. The fraction of sp³-hybridized carbons (Fsp3) is 0.556. The molecule has 3 N–H and O–H groups in total. The lowest BCUT2D eigenvalue weighted by atomic mass is 10.1. The summed E-state index contributed by atoms with van der Waals surface area (Å²) in [6, 6.07) is 1.25. The fourth-order valence-corrected chi connectivity index (χ4v) is 1.01. The molecule has 0 unspecified atom stereocenters. The molecule has 78 valence electrons. The van der Waals surface area contributed by atoms with E-state index < -0.39 is 6.04 Å². The Morgan fingerprint density at radius 3 is 2.71 bits per heavy atom. The van der Waals surface area contributed by atoms with E-state index in [1.54, 1.807) is 24.0 Å². The Hall–Kier alpha value is -1.36. The number of nitrogens with two attached hydrogens (primary N) is 1. The van der Waals surface area contributed by atoms with Gasteiger partial charge in [0.25, 0.3) is 0 Å². The van der Waals surface area contributed by atoms with Gasteiger partial charge in [-0.25, -0.2) is 0 Å². The number of amides is 1. The standard InChI is InChI=1S/C9H16N4O/c1-6(2)8(10)9(14)12-7-4-5-11-13(7)3/h4-6,8H,10H2,1-3H3,(H,12,14)/t8-/m0/s1. The molecule has 14 heavy (non-hydrogen) atoms. The summed E-state index contributed by atoms with van der Waals surface area (Å²) in [6.07, 6.45) is 1.62. The molecule has 0 aliphatic carbocycles. The lowest BCUT2D eigenvalue weighted by molar-refractivity contribution is -0.118. The third-order valence-corrected chi connectivity index (χ3v) is 2.09. The minimum Gasteiger partial charge on any atom is -0.320 e. The third-order valence-electron chi connectivity index (χ3n) is 2.09. The van der Waals surface area contributed by atoms with Gasteiger partial charge in [-0.05, 0) is 5.92 Å². The smallest absolute Gasteiger partial charge is 0.242 e. The number of hydrogen-bond donors (Lipinski definition) is 2. The molecule has 0 aliphatic rings. The molecule has 0 spiro atoms. The highest BCUT2D eigenvalue weighted by Gasteiger charge is 2.17. The fourth-order valence-electron chi connectivity index (χ4n) is 1.01. The molecular formula is C9H16N4O. The number of nitrogens with zero attached hydrogens (tertiary/aromatic N) is 2. The Morgan fingerprint density at radius 2 is 2.29 bits per heavy atom. The van der Waals surface area contributed by atoms with Crippen molar-refractivity contribution in [2.45, 2.75) is 19.9 Å². The van der Waals surface area contributed by atoms with Gasteiger partial charge in [0.15, 0.2) is 0 Å². The van der Waals surface area contributed by atoms with Gasteiger partial charge in [-0.1, -0.05) is 13.8 Å². The summed E-state index contributed by atoms with van der Waals surface area (Å²) in [4.78, 5) is 11.5. The van der Waals surface area contributed by atoms with E-state index in [0.717, 1.165) is 0 Å². The summed E-state index contributed by atoms with van der Waals surface area (Å²) in [5.41, 5.74) is 5.68. The number of carbonyl (C=O) groups excluding carboxylic acids is 1. The van der Waals surface area contributed by atoms with E-state index in [9.17, 15) is 4.79 Å². The van der Waals surface area contributed by atoms with Crippen molar-refractivity contribution in [2.24, 2.45) is 18.7 Å². The van der Waals surface area contributed by atoms with Crippen LogP contribution in [-0.2, 0) is 11.8 Å². The van der Waals surface area contributed by atoms with Crippen LogP contribution in [0.2, 0.25) is 0 Å². The van der Waals surface area contributed by atoms with Crippen LogP contribution < -0.4 is 11.1 Å². The van der Waals surface area contributed by atoms with Gasteiger partial charge < -0.3 is 11.1 Å². The molecule has 0 radical (unpaired) electrons. The maximum atomic E-state index is 11.5. The van der Waals surface area contributed by atoms with E-state index in [-0.39, 0.29) is 11.8 Å². The van der Waals surface area contributed by atoms with Gasteiger partial charge in [-0.3, -0.25) is 9.48 Å². The van der Waals surface area contributed by atoms with Crippen molar-refractivity contribution in [3.05, 3.63) is 12.3 Å². The second kappa shape index (κ2) is 4.23. The van der Waals surface area contributed by atoms with Gasteiger partial charge in [-0.15, -0.1) is 0 Å². The van der Waals surface area contributed by atoms with Crippen LogP contribution in [0.4, 0.5) is 5.82 Å². The summed E-state index contributed by atoms with van der Waals surface area (Å²) in [5, 5.41) is 6.64. The van der Waals surface area contributed by atoms with Crippen LogP contribution in [0.15, 0.2) is 12.3 Å². The van der Waals surface area contributed by atoms with Crippen molar-refractivity contribution in [3.63, 3.8) is 0 Å². The second-order valence-corrected chi connectivity index (χ2v) is 3.60. The number of hydrogen-bond acceptors (Lipinski definition) is 3. The van der Waals surface area contributed by atoms with Crippen molar-refractivity contribution >= 4 is 11.7 Å². The average Bonchev–Trinajstić information content (AvgIpc) is 2.50. The van der Waals surface area contributed by atoms with Gasteiger partial charge in [-0.2, -0.15) is 5.10 Å². The van der Waals surface area contributed by atoms with Crippen LogP contribution >= 0.6 is 0 Å². The zero-order chi connectivity index (χ0) is 10.7. The molecule has 1 amide bonds. The maximum absolute atomic E-state index is 11.5. The molecule has 1 aromatic heterocycles.